The molecule has 2 aromatic heterocycles. The van der Waals surface area contributed by atoms with Crippen LogP contribution in [-0.2, 0) is 0 Å². The van der Waals surface area contributed by atoms with Gasteiger partial charge >= 0.3 is 0 Å². The van der Waals surface area contributed by atoms with Crippen LogP contribution >= 0.6 is 11.3 Å². The number of carbonyl (C=O) groups excluding carboxylic acids is 1. The average molecular weight is 411 g/mol. The van der Waals surface area contributed by atoms with Gasteiger partial charge in [0, 0.05) is 10.4 Å². The summed E-state index contributed by atoms with van der Waals surface area (Å²) in [5, 5.41) is 4.00. The highest BCUT2D eigenvalue weighted by molar-refractivity contribution is 7.16. The van der Waals surface area contributed by atoms with Crippen molar-refractivity contribution in [3.05, 3.63) is 70.0 Å². The van der Waals surface area contributed by atoms with Crippen molar-refractivity contribution in [3.63, 3.8) is 0 Å². The molecule has 6 heteroatoms. The number of benzene rings is 1. The first-order valence-corrected chi connectivity index (χ1v) is 10.7. The predicted octanol–water partition coefficient (Wildman–Crippen LogP) is 5.40. The predicted molar refractivity (Wildman–Crippen MR) is 116 cm³/mol. The first-order valence-electron chi connectivity index (χ1n) is 9.91. The second-order valence-electron chi connectivity index (χ2n) is 7.38. The molecule has 1 aliphatic heterocycles. The maximum absolute atomic E-state index is 12.7. The number of furan rings is 1. The minimum Gasteiger partial charge on any atom is -0.497 e. The van der Waals surface area contributed by atoms with Crippen LogP contribution in [0.2, 0.25) is 0 Å². The molecular weight excluding hydrogens is 384 g/mol. The van der Waals surface area contributed by atoms with Gasteiger partial charge in [0.05, 0.1) is 19.4 Å². The number of likely N-dealkylation sites (tertiary alicyclic amines) is 1. The number of aryl methyl sites for hydroxylation is 1. The van der Waals surface area contributed by atoms with Crippen LogP contribution in [0.4, 0.5) is 5.00 Å². The molecule has 3 heterocycles. The van der Waals surface area contributed by atoms with Crippen LogP contribution in [0.3, 0.4) is 0 Å². The Labute approximate surface area is 175 Å². The molecule has 1 fully saturated rings. The molecule has 152 valence electrons. The van der Waals surface area contributed by atoms with E-state index < -0.39 is 0 Å². The van der Waals surface area contributed by atoms with Crippen molar-refractivity contribution in [1.29, 1.82) is 0 Å². The van der Waals surface area contributed by atoms with E-state index in [0.717, 1.165) is 23.8 Å². The van der Waals surface area contributed by atoms with E-state index in [1.807, 2.05) is 12.1 Å². The van der Waals surface area contributed by atoms with E-state index in [1.165, 1.54) is 40.7 Å². The fraction of sp³-hybridized carbons (Fsp3) is 0.348. The number of methoxy groups -OCH3 is 1. The first-order chi connectivity index (χ1) is 14.1. The van der Waals surface area contributed by atoms with E-state index in [1.54, 1.807) is 30.6 Å². The molecule has 1 aromatic carbocycles. The highest BCUT2D eigenvalue weighted by Gasteiger charge is 2.31. The Kier molecular flexibility index (Phi) is 5.74. The minimum atomic E-state index is -0.215. The Morgan fingerprint density at radius 1 is 1.17 bits per heavy atom. The van der Waals surface area contributed by atoms with Gasteiger partial charge < -0.3 is 14.5 Å². The van der Waals surface area contributed by atoms with Crippen molar-refractivity contribution in [2.45, 2.75) is 32.7 Å². The monoisotopic (exact) mass is 410 g/mol. The molecular formula is C23H26N2O3S. The lowest BCUT2D eigenvalue weighted by atomic mass is 9.95. The number of nitrogens with one attached hydrogen (secondary N) is 1. The molecule has 29 heavy (non-hydrogen) atoms. The second-order valence-corrected chi connectivity index (χ2v) is 8.60. The van der Waals surface area contributed by atoms with Gasteiger partial charge in [-0.1, -0.05) is 12.1 Å². The van der Waals surface area contributed by atoms with Crippen LogP contribution in [0.25, 0.3) is 0 Å². The maximum Gasteiger partial charge on any atom is 0.291 e. The number of amides is 1. The van der Waals surface area contributed by atoms with E-state index >= 15 is 0 Å². The lowest BCUT2D eigenvalue weighted by molar-refractivity contribution is 0.0997. The molecule has 0 spiro atoms. The number of thiophene rings is 1. The van der Waals surface area contributed by atoms with Crippen molar-refractivity contribution < 1.29 is 13.9 Å². The average Bonchev–Trinajstić information content (AvgIpc) is 3.49. The quantitative estimate of drug-likeness (QED) is 0.591. The molecule has 1 N–H and O–H groups in total. The third kappa shape index (κ3) is 3.95. The van der Waals surface area contributed by atoms with Gasteiger partial charge in [0.25, 0.3) is 5.91 Å². The van der Waals surface area contributed by atoms with E-state index in [2.05, 4.69) is 36.2 Å². The van der Waals surface area contributed by atoms with Gasteiger partial charge in [0.2, 0.25) is 0 Å². The number of hydrogen-bond donors (Lipinski definition) is 1. The highest BCUT2D eigenvalue weighted by Crippen LogP contribution is 2.43. The van der Waals surface area contributed by atoms with Gasteiger partial charge in [-0.15, -0.1) is 11.3 Å². The fourth-order valence-corrected chi connectivity index (χ4v) is 5.07. The molecule has 3 aromatic rings. The van der Waals surface area contributed by atoms with Crippen molar-refractivity contribution in [2.24, 2.45) is 0 Å². The summed E-state index contributed by atoms with van der Waals surface area (Å²) in [6, 6.07) is 11.8. The third-order valence-corrected chi connectivity index (χ3v) is 6.75. The van der Waals surface area contributed by atoms with E-state index in [4.69, 9.17) is 9.15 Å². The van der Waals surface area contributed by atoms with Crippen LogP contribution in [0.5, 0.6) is 5.75 Å². The zero-order chi connectivity index (χ0) is 20.4. The number of anilines is 1. The smallest absolute Gasteiger partial charge is 0.291 e. The highest BCUT2D eigenvalue weighted by atomic mass is 32.1. The molecule has 0 saturated carbocycles. The van der Waals surface area contributed by atoms with E-state index in [-0.39, 0.29) is 11.9 Å². The van der Waals surface area contributed by atoms with Crippen LogP contribution in [-0.4, -0.2) is 31.0 Å². The molecule has 0 aliphatic carbocycles. The minimum absolute atomic E-state index is 0.0975. The molecule has 4 rings (SSSR count). The first kappa shape index (κ1) is 19.7. The van der Waals surface area contributed by atoms with Gasteiger partial charge in [0.1, 0.15) is 10.8 Å². The summed E-state index contributed by atoms with van der Waals surface area (Å²) in [5.41, 5.74) is 3.62. The zero-order valence-corrected chi connectivity index (χ0v) is 17.8. The van der Waals surface area contributed by atoms with Crippen molar-refractivity contribution in [3.8, 4) is 5.75 Å². The lowest BCUT2D eigenvalue weighted by Gasteiger charge is -2.29. The zero-order valence-electron chi connectivity index (χ0n) is 17.0. The maximum atomic E-state index is 12.7. The third-order valence-electron chi connectivity index (χ3n) is 5.61. The van der Waals surface area contributed by atoms with Gasteiger partial charge in [-0.25, -0.2) is 0 Å². The lowest BCUT2D eigenvalue weighted by Crippen LogP contribution is -2.27. The van der Waals surface area contributed by atoms with Crippen LogP contribution in [0.15, 0.2) is 47.1 Å². The van der Waals surface area contributed by atoms with Crippen molar-refractivity contribution in [2.75, 3.05) is 25.5 Å². The van der Waals surface area contributed by atoms with Crippen molar-refractivity contribution in [1.82, 2.24) is 4.90 Å². The largest absolute Gasteiger partial charge is 0.497 e. The van der Waals surface area contributed by atoms with Gasteiger partial charge in [0.15, 0.2) is 5.76 Å². The molecule has 0 bridgehead atoms. The Morgan fingerprint density at radius 3 is 2.52 bits per heavy atom. The van der Waals surface area contributed by atoms with Gasteiger partial charge in [-0.05, 0) is 75.2 Å². The molecule has 0 radical (unpaired) electrons. The summed E-state index contributed by atoms with van der Waals surface area (Å²) in [7, 11) is 1.68. The van der Waals surface area contributed by atoms with Gasteiger partial charge in [-0.2, -0.15) is 0 Å². The molecule has 1 aliphatic rings. The summed E-state index contributed by atoms with van der Waals surface area (Å²) < 4.78 is 10.6. The Morgan fingerprint density at radius 2 is 1.90 bits per heavy atom. The summed E-state index contributed by atoms with van der Waals surface area (Å²) in [5.74, 6) is 0.952. The SMILES string of the molecule is COc1ccc([C@H](c2c(NC(=O)c3ccco3)sc(C)c2C)N2CCCC2)cc1. The van der Waals surface area contributed by atoms with Crippen molar-refractivity contribution >= 4 is 22.2 Å². The van der Waals surface area contributed by atoms with Crippen LogP contribution in [0, 0.1) is 13.8 Å². The summed E-state index contributed by atoms with van der Waals surface area (Å²) >= 11 is 1.63. The number of hydrogen-bond acceptors (Lipinski definition) is 5. The van der Waals surface area contributed by atoms with E-state index in [9.17, 15) is 4.79 Å². The molecule has 1 saturated heterocycles. The Bertz CT molecular complexity index is 970. The summed E-state index contributed by atoms with van der Waals surface area (Å²) in [6.45, 7) is 6.37. The normalized spacial score (nSPS) is 15.4. The Hall–Kier alpha value is -2.57. The summed E-state index contributed by atoms with van der Waals surface area (Å²) in [4.78, 5) is 16.4. The standard InChI is InChI=1S/C23H26N2O3S/c1-15-16(2)29-23(24-22(26)19-7-6-14-28-19)20(15)21(25-12-4-5-13-25)17-8-10-18(27-3)11-9-17/h6-11,14,21H,4-5,12-13H2,1-3H3,(H,24,26)/t21-/m1/s1. The number of carbonyl (C=O) groups is 1. The van der Waals surface area contributed by atoms with Crippen LogP contribution in [0.1, 0.15) is 51.0 Å². The Balaban J connectivity index is 1.76. The van der Waals surface area contributed by atoms with Gasteiger partial charge in [-0.3, -0.25) is 9.69 Å². The second kappa shape index (κ2) is 8.43. The molecule has 0 unspecified atom stereocenters. The molecule has 5 nitrogen and oxygen atoms in total. The van der Waals surface area contributed by atoms with Crippen LogP contribution < -0.4 is 10.1 Å². The number of ether oxygens (including phenoxy) is 1. The molecule has 1 atom stereocenters. The number of nitrogens with zero attached hydrogens (tertiary/aromatic N) is 1. The topological polar surface area (TPSA) is 54.7 Å². The van der Waals surface area contributed by atoms with E-state index in [0.29, 0.717) is 5.76 Å². The number of rotatable bonds is 6. The fourth-order valence-electron chi connectivity index (χ4n) is 3.99. The molecule has 1 amide bonds. The summed E-state index contributed by atoms with van der Waals surface area (Å²) in [6.07, 6.45) is 3.91.